The van der Waals surface area contributed by atoms with Crippen molar-refractivity contribution in [2.45, 2.75) is 20.4 Å². The first-order valence-electron chi connectivity index (χ1n) is 8.45. The number of amides is 2. The summed E-state index contributed by atoms with van der Waals surface area (Å²) in [6, 6.07) is 13.3. The Kier molecular flexibility index (Phi) is 6.82. The Morgan fingerprint density at radius 2 is 1.89 bits per heavy atom. The lowest BCUT2D eigenvalue weighted by molar-refractivity contribution is -0.384. The molecule has 140 valence electrons. The summed E-state index contributed by atoms with van der Waals surface area (Å²) >= 11 is 0. The predicted octanol–water partition coefficient (Wildman–Crippen LogP) is 3.52. The number of nitrogens with zero attached hydrogens (tertiary/aromatic N) is 1. The third-order valence-electron chi connectivity index (χ3n) is 3.69. The first-order chi connectivity index (χ1) is 12.8. The maximum Gasteiger partial charge on any atom is 0.270 e. The van der Waals surface area contributed by atoms with Crippen LogP contribution in [0.5, 0.6) is 0 Å². The summed E-state index contributed by atoms with van der Waals surface area (Å²) in [6.07, 6.45) is 2.84. The van der Waals surface area contributed by atoms with E-state index in [0.717, 1.165) is 5.56 Å². The normalized spacial score (nSPS) is 10.8. The van der Waals surface area contributed by atoms with Crippen LogP contribution in [0.15, 0.2) is 54.6 Å². The van der Waals surface area contributed by atoms with Gasteiger partial charge in [0.05, 0.1) is 4.92 Å². The molecule has 0 heterocycles. The van der Waals surface area contributed by atoms with Crippen molar-refractivity contribution < 1.29 is 14.5 Å². The number of hydrogen-bond acceptors (Lipinski definition) is 4. The minimum Gasteiger partial charge on any atom is -0.348 e. The van der Waals surface area contributed by atoms with Crippen molar-refractivity contribution in [3.63, 3.8) is 0 Å². The highest BCUT2D eigenvalue weighted by atomic mass is 16.6. The number of anilines is 1. The van der Waals surface area contributed by atoms with Gasteiger partial charge in [-0.05, 0) is 29.3 Å². The van der Waals surface area contributed by atoms with Crippen LogP contribution in [0, 0.1) is 16.0 Å². The second-order valence-electron chi connectivity index (χ2n) is 6.25. The molecule has 0 aliphatic heterocycles. The summed E-state index contributed by atoms with van der Waals surface area (Å²) in [4.78, 5) is 34.0. The van der Waals surface area contributed by atoms with Crippen LogP contribution in [-0.2, 0) is 16.1 Å². The molecule has 0 atom stereocenters. The van der Waals surface area contributed by atoms with Crippen LogP contribution >= 0.6 is 0 Å². The standard InChI is InChI=1S/C20H21N3O4/c1-14(2)20(25)22-17-7-3-6-16(11-17)13-21-19(24)10-9-15-5-4-8-18(12-15)23(26)27/h3-12,14H,13H2,1-2H3,(H,21,24)(H,22,25)/b10-9+. The summed E-state index contributed by atoms with van der Waals surface area (Å²) in [7, 11) is 0. The van der Waals surface area contributed by atoms with Gasteiger partial charge in [-0.2, -0.15) is 0 Å². The SMILES string of the molecule is CC(C)C(=O)Nc1cccc(CNC(=O)/C=C/c2cccc([N+](=O)[O-])c2)c1. The second-order valence-corrected chi connectivity index (χ2v) is 6.25. The van der Waals surface area contributed by atoms with Gasteiger partial charge in [0.2, 0.25) is 11.8 Å². The molecule has 2 aromatic carbocycles. The van der Waals surface area contributed by atoms with Gasteiger partial charge in [-0.1, -0.05) is 38.1 Å². The van der Waals surface area contributed by atoms with Crippen molar-refractivity contribution in [2.24, 2.45) is 5.92 Å². The molecule has 2 N–H and O–H groups in total. The molecule has 0 saturated heterocycles. The van der Waals surface area contributed by atoms with E-state index in [1.54, 1.807) is 30.3 Å². The summed E-state index contributed by atoms with van der Waals surface area (Å²) < 4.78 is 0. The van der Waals surface area contributed by atoms with Gasteiger partial charge in [0, 0.05) is 36.4 Å². The van der Waals surface area contributed by atoms with Crippen molar-refractivity contribution in [2.75, 3.05) is 5.32 Å². The zero-order valence-corrected chi connectivity index (χ0v) is 15.1. The Morgan fingerprint density at radius 3 is 2.59 bits per heavy atom. The number of nitro groups is 1. The van der Waals surface area contributed by atoms with Gasteiger partial charge >= 0.3 is 0 Å². The highest BCUT2D eigenvalue weighted by molar-refractivity contribution is 5.92. The Morgan fingerprint density at radius 1 is 1.15 bits per heavy atom. The minimum absolute atomic E-state index is 0.0298. The van der Waals surface area contributed by atoms with Crippen LogP contribution in [0.3, 0.4) is 0 Å². The highest BCUT2D eigenvalue weighted by Gasteiger charge is 2.07. The number of benzene rings is 2. The molecule has 0 fully saturated rings. The van der Waals surface area contributed by atoms with Crippen LogP contribution in [0.1, 0.15) is 25.0 Å². The molecule has 0 unspecified atom stereocenters. The molecule has 27 heavy (non-hydrogen) atoms. The van der Waals surface area contributed by atoms with Gasteiger partial charge in [-0.25, -0.2) is 0 Å². The molecule has 0 aliphatic rings. The Balaban J connectivity index is 1.93. The number of carbonyl (C=O) groups excluding carboxylic acids is 2. The summed E-state index contributed by atoms with van der Waals surface area (Å²) in [5.74, 6) is -0.512. The quantitative estimate of drug-likeness (QED) is 0.444. The maximum absolute atomic E-state index is 12.0. The van der Waals surface area contributed by atoms with E-state index in [9.17, 15) is 19.7 Å². The Hall–Kier alpha value is -3.48. The van der Waals surface area contributed by atoms with Crippen LogP contribution < -0.4 is 10.6 Å². The summed E-state index contributed by atoms with van der Waals surface area (Å²) in [5.41, 5.74) is 2.05. The molecule has 0 radical (unpaired) electrons. The molecule has 7 nitrogen and oxygen atoms in total. The van der Waals surface area contributed by atoms with E-state index < -0.39 is 4.92 Å². The zero-order valence-electron chi connectivity index (χ0n) is 15.1. The Labute approximate surface area is 157 Å². The predicted molar refractivity (Wildman–Crippen MR) is 104 cm³/mol. The van der Waals surface area contributed by atoms with Crippen molar-refractivity contribution >= 4 is 29.3 Å². The van der Waals surface area contributed by atoms with Crippen molar-refractivity contribution in [1.29, 1.82) is 0 Å². The third-order valence-corrected chi connectivity index (χ3v) is 3.69. The number of nitro benzene ring substituents is 1. The second kappa shape index (κ2) is 9.28. The van der Waals surface area contributed by atoms with Gasteiger partial charge in [0.15, 0.2) is 0 Å². The van der Waals surface area contributed by atoms with E-state index >= 15 is 0 Å². The molecule has 0 bridgehead atoms. The fourth-order valence-electron chi connectivity index (χ4n) is 2.21. The highest BCUT2D eigenvalue weighted by Crippen LogP contribution is 2.14. The van der Waals surface area contributed by atoms with E-state index in [-0.39, 0.29) is 23.4 Å². The largest absolute Gasteiger partial charge is 0.348 e. The smallest absolute Gasteiger partial charge is 0.270 e. The molecule has 0 aliphatic carbocycles. The van der Waals surface area contributed by atoms with Gasteiger partial charge in [0.1, 0.15) is 0 Å². The number of rotatable bonds is 7. The molecule has 0 saturated carbocycles. The van der Waals surface area contributed by atoms with Gasteiger partial charge in [-0.3, -0.25) is 19.7 Å². The number of carbonyl (C=O) groups is 2. The third kappa shape index (κ3) is 6.39. The van der Waals surface area contributed by atoms with Crippen LogP contribution in [0.25, 0.3) is 6.08 Å². The lowest BCUT2D eigenvalue weighted by Gasteiger charge is -2.09. The molecule has 7 heteroatoms. The average molecular weight is 367 g/mol. The van der Waals surface area contributed by atoms with E-state index in [1.165, 1.54) is 24.3 Å². The maximum atomic E-state index is 12.0. The number of non-ortho nitro benzene ring substituents is 1. The zero-order chi connectivity index (χ0) is 19.8. The first kappa shape index (κ1) is 19.8. The van der Waals surface area contributed by atoms with E-state index in [2.05, 4.69) is 10.6 Å². The fraction of sp³-hybridized carbons (Fsp3) is 0.200. The molecule has 2 rings (SSSR count). The number of hydrogen-bond donors (Lipinski definition) is 2. The number of nitrogens with one attached hydrogen (secondary N) is 2. The lowest BCUT2D eigenvalue weighted by Crippen LogP contribution is -2.21. The molecular formula is C20H21N3O4. The van der Waals surface area contributed by atoms with Gasteiger partial charge < -0.3 is 10.6 Å². The van der Waals surface area contributed by atoms with Crippen molar-refractivity contribution in [3.05, 3.63) is 75.8 Å². The van der Waals surface area contributed by atoms with Crippen LogP contribution in [0.4, 0.5) is 11.4 Å². The first-order valence-corrected chi connectivity index (χ1v) is 8.45. The molecular weight excluding hydrogens is 346 g/mol. The average Bonchev–Trinajstić information content (AvgIpc) is 2.65. The van der Waals surface area contributed by atoms with Gasteiger partial charge in [0.25, 0.3) is 5.69 Å². The molecule has 2 amide bonds. The van der Waals surface area contributed by atoms with Crippen LogP contribution in [0.2, 0.25) is 0 Å². The Bertz CT molecular complexity index is 875. The summed E-state index contributed by atoms with van der Waals surface area (Å²) in [6.45, 7) is 3.92. The van der Waals surface area contributed by atoms with Crippen molar-refractivity contribution in [1.82, 2.24) is 5.32 Å². The molecule has 2 aromatic rings. The van der Waals surface area contributed by atoms with E-state index in [1.807, 2.05) is 19.9 Å². The monoisotopic (exact) mass is 367 g/mol. The minimum atomic E-state index is -0.484. The van der Waals surface area contributed by atoms with E-state index in [4.69, 9.17) is 0 Å². The molecule has 0 spiro atoms. The van der Waals surface area contributed by atoms with E-state index in [0.29, 0.717) is 17.8 Å². The fourth-order valence-corrected chi connectivity index (χ4v) is 2.21. The van der Waals surface area contributed by atoms with Gasteiger partial charge in [-0.15, -0.1) is 0 Å². The topological polar surface area (TPSA) is 101 Å². The van der Waals surface area contributed by atoms with Crippen molar-refractivity contribution in [3.8, 4) is 0 Å². The summed E-state index contributed by atoms with van der Waals surface area (Å²) in [5, 5.41) is 16.3. The van der Waals surface area contributed by atoms with Crippen LogP contribution in [-0.4, -0.2) is 16.7 Å². The lowest BCUT2D eigenvalue weighted by atomic mass is 10.1. The molecule has 0 aromatic heterocycles.